The first-order chi connectivity index (χ1) is 9.16. The van der Waals surface area contributed by atoms with Gasteiger partial charge < -0.3 is 4.74 Å². The Morgan fingerprint density at radius 2 is 2.11 bits per heavy atom. The summed E-state index contributed by atoms with van der Waals surface area (Å²) in [5, 5.41) is 0. The van der Waals surface area contributed by atoms with E-state index in [0.717, 1.165) is 37.0 Å². The van der Waals surface area contributed by atoms with Crippen LogP contribution in [0.5, 0.6) is 0 Å². The molecule has 0 saturated heterocycles. The van der Waals surface area contributed by atoms with Crippen LogP contribution >= 0.6 is 0 Å². The van der Waals surface area contributed by atoms with Gasteiger partial charge in [-0.3, -0.25) is 4.79 Å². The Bertz CT molecular complexity index is 599. The van der Waals surface area contributed by atoms with Gasteiger partial charge in [0.15, 0.2) is 5.78 Å². The van der Waals surface area contributed by atoms with Crippen molar-refractivity contribution in [1.82, 2.24) is 0 Å². The highest BCUT2D eigenvalue weighted by atomic mass is 16.5. The number of ether oxygens (including phenoxy) is 1. The van der Waals surface area contributed by atoms with Crippen molar-refractivity contribution in [2.45, 2.75) is 50.5 Å². The molecule has 0 spiro atoms. The quantitative estimate of drug-likeness (QED) is 0.708. The van der Waals surface area contributed by atoms with Crippen LogP contribution in [0.1, 0.15) is 49.7 Å². The third kappa shape index (κ3) is 1.59. The van der Waals surface area contributed by atoms with E-state index in [2.05, 4.69) is 31.2 Å². The third-order valence-electron chi connectivity index (χ3n) is 4.76. The number of rotatable bonds is 0. The lowest BCUT2D eigenvalue weighted by Gasteiger charge is -2.46. The number of hydrogen-bond donors (Lipinski definition) is 0. The number of ketones is 1. The predicted molar refractivity (Wildman–Crippen MR) is 72.9 cm³/mol. The first-order valence-electron chi connectivity index (χ1n) is 7.19. The van der Waals surface area contributed by atoms with Crippen LogP contribution in [0, 0.1) is 0 Å². The molecule has 0 fully saturated rings. The molecule has 1 aromatic carbocycles. The van der Waals surface area contributed by atoms with E-state index in [1.54, 1.807) is 0 Å². The molecule has 4 rings (SSSR count). The molecule has 3 aliphatic rings. The van der Waals surface area contributed by atoms with Gasteiger partial charge in [0.05, 0.1) is 0 Å². The molecule has 19 heavy (non-hydrogen) atoms. The van der Waals surface area contributed by atoms with Gasteiger partial charge in [-0.05, 0) is 30.9 Å². The SMILES string of the molecule is C[C@]12Cc3ccccc3[C@H](C1)C1=C(CCCC1=O)O2. The summed E-state index contributed by atoms with van der Waals surface area (Å²) in [5.41, 5.74) is 3.57. The molecule has 2 nitrogen and oxygen atoms in total. The summed E-state index contributed by atoms with van der Waals surface area (Å²) in [6, 6.07) is 8.55. The van der Waals surface area contributed by atoms with Gasteiger partial charge in [-0.25, -0.2) is 0 Å². The summed E-state index contributed by atoms with van der Waals surface area (Å²) in [4.78, 5) is 12.3. The Morgan fingerprint density at radius 3 is 3.00 bits per heavy atom. The van der Waals surface area contributed by atoms with E-state index in [1.165, 1.54) is 11.1 Å². The van der Waals surface area contributed by atoms with Crippen LogP contribution in [0.2, 0.25) is 0 Å². The van der Waals surface area contributed by atoms with Gasteiger partial charge in [0.25, 0.3) is 0 Å². The highest BCUT2D eigenvalue weighted by Gasteiger charge is 2.46. The Kier molecular flexibility index (Phi) is 2.21. The zero-order valence-corrected chi connectivity index (χ0v) is 11.2. The summed E-state index contributed by atoms with van der Waals surface area (Å²) in [6.45, 7) is 2.19. The Balaban J connectivity index is 1.92. The average molecular weight is 254 g/mol. The Hall–Kier alpha value is -1.57. The second-order valence-corrected chi connectivity index (χ2v) is 6.30. The van der Waals surface area contributed by atoms with Crippen LogP contribution in [-0.2, 0) is 16.0 Å². The van der Waals surface area contributed by atoms with Crippen LogP contribution in [0.4, 0.5) is 0 Å². The van der Waals surface area contributed by atoms with E-state index in [4.69, 9.17) is 4.74 Å². The van der Waals surface area contributed by atoms with E-state index < -0.39 is 0 Å². The van der Waals surface area contributed by atoms with Crippen molar-refractivity contribution >= 4 is 5.78 Å². The van der Waals surface area contributed by atoms with E-state index in [-0.39, 0.29) is 11.5 Å². The van der Waals surface area contributed by atoms with Gasteiger partial charge in [-0.2, -0.15) is 0 Å². The van der Waals surface area contributed by atoms with Crippen LogP contribution in [-0.4, -0.2) is 11.4 Å². The molecule has 1 heterocycles. The fraction of sp³-hybridized carbons (Fsp3) is 0.471. The molecule has 0 saturated carbocycles. The second-order valence-electron chi connectivity index (χ2n) is 6.30. The van der Waals surface area contributed by atoms with Gasteiger partial charge in [0, 0.05) is 30.8 Å². The lowest BCUT2D eigenvalue weighted by Crippen LogP contribution is -2.43. The second kappa shape index (κ2) is 3.72. The number of hydrogen-bond acceptors (Lipinski definition) is 2. The zero-order chi connectivity index (χ0) is 13.0. The molecule has 2 bridgehead atoms. The minimum absolute atomic E-state index is 0.116. The minimum Gasteiger partial charge on any atom is -0.491 e. The number of benzene rings is 1. The predicted octanol–water partition coefficient (Wildman–Crippen LogP) is 3.51. The van der Waals surface area contributed by atoms with Crippen LogP contribution in [0.3, 0.4) is 0 Å². The number of allylic oxidation sites excluding steroid dienone is 2. The summed E-state index contributed by atoms with van der Waals surface area (Å²) in [6.07, 6.45) is 4.49. The van der Waals surface area contributed by atoms with E-state index in [9.17, 15) is 4.79 Å². The molecule has 0 amide bonds. The van der Waals surface area contributed by atoms with Gasteiger partial charge in [0.2, 0.25) is 0 Å². The molecule has 2 aliphatic carbocycles. The largest absolute Gasteiger partial charge is 0.491 e. The van der Waals surface area contributed by atoms with Gasteiger partial charge >= 0.3 is 0 Å². The molecule has 0 radical (unpaired) electrons. The fourth-order valence-corrected chi connectivity index (χ4v) is 4.01. The van der Waals surface area contributed by atoms with Gasteiger partial charge in [-0.15, -0.1) is 0 Å². The minimum atomic E-state index is -0.116. The van der Waals surface area contributed by atoms with Gasteiger partial charge in [-0.1, -0.05) is 24.3 Å². The molecule has 1 aromatic rings. The molecular formula is C17H18O2. The van der Waals surface area contributed by atoms with Gasteiger partial charge in [0.1, 0.15) is 11.4 Å². The number of Topliss-reactive ketones (excluding diaryl/α,β-unsaturated/α-hetero) is 1. The van der Waals surface area contributed by atoms with Crippen LogP contribution in [0.25, 0.3) is 0 Å². The van der Waals surface area contributed by atoms with Crippen molar-refractivity contribution in [3.05, 3.63) is 46.7 Å². The van der Waals surface area contributed by atoms with Crippen molar-refractivity contribution in [3.63, 3.8) is 0 Å². The third-order valence-corrected chi connectivity index (χ3v) is 4.76. The lowest BCUT2D eigenvalue weighted by atomic mass is 9.68. The van der Waals surface area contributed by atoms with Crippen LogP contribution in [0.15, 0.2) is 35.6 Å². The first kappa shape index (κ1) is 11.3. The summed E-state index contributed by atoms with van der Waals surface area (Å²) >= 11 is 0. The molecule has 2 atom stereocenters. The van der Waals surface area contributed by atoms with Crippen molar-refractivity contribution in [2.24, 2.45) is 0 Å². The molecular weight excluding hydrogens is 236 g/mol. The molecule has 1 aliphatic heterocycles. The summed E-state index contributed by atoms with van der Waals surface area (Å²) in [7, 11) is 0. The van der Waals surface area contributed by atoms with Crippen molar-refractivity contribution in [2.75, 3.05) is 0 Å². The maximum absolute atomic E-state index is 12.3. The summed E-state index contributed by atoms with van der Waals surface area (Å²) < 4.78 is 6.23. The highest BCUT2D eigenvalue weighted by molar-refractivity contribution is 5.98. The lowest BCUT2D eigenvalue weighted by molar-refractivity contribution is -0.118. The molecule has 0 aromatic heterocycles. The number of fused-ring (bicyclic) bond motifs is 5. The standard InChI is InChI=1S/C17H18O2/c1-17-9-11-5-2-3-6-12(11)13(10-17)16-14(18)7-4-8-15(16)19-17/h2-3,5-6,13H,4,7-10H2,1H3/t13-,17-/m0/s1. The smallest absolute Gasteiger partial charge is 0.162 e. The number of carbonyl (C=O) groups is 1. The van der Waals surface area contributed by atoms with E-state index in [0.29, 0.717) is 12.2 Å². The topological polar surface area (TPSA) is 26.3 Å². The number of carbonyl (C=O) groups excluding carboxylic acids is 1. The van der Waals surface area contributed by atoms with Crippen molar-refractivity contribution < 1.29 is 9.53 Å². The molecule has 0 unspecified atom stereocenters. The van der Waals surface area contributed by atoms with Crippen molar-refractivity contribution in [1.29, 1.82) is 0 Å². The molecule has 0 N–H and O–H groups in total. The summed E-state index contributed by atoms with van der Waals surface area (Å²) in [5.74, 6) is 1.57. The molecule has 98 valence electrons. The van der Waals surface area contributed by atoms with Crippen LogP contribution < -0.4 is 0 Å². The highest BCUT2D eigenvalue weighted by Crippen LogP contribution is 2.50. The maximum Gasteiger partial charge on any atom is 0.162 e. The average Bonchev–Trinajstić information content (AvgIpc) is 2.37. The maximum atomic E-state index is 12.3. The Morgan fingerprint density at radius 1 is 1.26 bits per heavy atom. The fourth-order valence-electron chi connectivity index (χ4n) is 4.01. The first-order valence-corrected chi connectivity index (χ1v) is 7.19. The van der Waals surface area contributed by atoms with Crippen molar-refractivity contribution in [3.8, 4) is 0 Å². The molecule has 2 heteroatoms. The zero-order valence-electron chi connectivity index (χ0n) is 11.2. The normalized spacial score (nSPS) is 32.5. The Labute approximate surface area is 113 Å². The van der Waals surface area contributed by atoms with E-state index in [1.807, 2.05) is 0 Å². The monoisotopic (exact) mass is 254 g/mol. The van der Waals surface area contributed by atoms with E-state index >= 15 is 0 Å².